The molecule has 0 spiro atoms. The van der Waals surface area contributed by atoms with Gasteiger partial charge in [0.15, 0.2) is 0 Å². The van der Waals surface area contributed by atoms with Crippen molar-refractivity contribution in [2.24, 2.45) is 0 Å². The van der Waals surface area contributed by atoms with Crippen molar-refractivity contribution >= 4 is 23.3 Å². The molecule has 2 rings (SSSR count). The third-order valence-corrected chi connectivity index (χ3v) is 3.31. The molecular formula is C13H13N3O3S. The van der Waals surface area contributed by atoms with Crippen LogP contribution in [-0.2, 0) is 0 Å². The van der Waals surface area contributed by atoms with Crippen LogP contribution in [0.2, 0.25) is 0 Å². The Morgan fingerprint density at radius 2 is 1.95 bits per heavy atom. The van der Waals surface area contributed by atoms with E-state index in [1.807, 2.05) is 18.4 Å². The van der Waals surface area contributed by atoms with Crippen LogP contribution >= 0.6 is 11.8 Å². The van der Waals surface area contributed by atoms with Crippen molar-refractivity contribution in [3.8, 4) is 11.6 Å². The first kappa shape index (κ1) is 14.1. The molecule has 104 valence electrons. The molecule has 1 N–H and O–H groups in total. The van der Waals surface area contributed by atoms with E-state index in [4.69, 9.17) is 4.74 Å². The third kappa shape index (κ3) is 3.18. The van der Waals surface area contributed by atoms with Crippen LogP contribution < -0.4 is 10.1 Å². The highest BCUT2D eigenvalue weighted by Crippen LogP contribution is 2.31. The number of thioether (sulfide) groups is 1. The van der Waals surface area contributed by atoms with Gasteiger partial charge in [-0.3, -0.25) is 10.1 Å². The van der Waals surface area contributed by atoms with Gasteiger partial charge in [0.25, 0.3) is 0 Å². The van der Waals surface area contributed by atoms with E-state index < -0.39 is 4.92 Å². The number of pyridine rings is 1. The summed E-state index contributed by atoms with van der Waals surface area (Å²) in [4.78, 5) is 15.6. The minimum Gasteiger partial charge on any atom is -0.434 e. The van der Waals surface area contributed by atoms with Crippen LogP contribution in [0, 0.1) is 10.1 Å². The summed E-state index contributed by atoms with van der Waals surface area (Å²) >= 11 is 1.61. The third-order valence-electron chi connectivity index (χ3n) is 2.57. The Kier molecular flexibility index (Phi) is 4.41. The largest absolute Gasteiger partial charge is 0.434 e. The smallest absolute Gasteiger partial charge is 0.331 e. The Morgan fingerprint density at radius 3 is 2.50 bits per heavy atom. The molecule has 0 atom stereocenters. The first-order valence-electron chi connectivity index (χ1n) is 5.79. The van der Waals surface area contributed by atoms with E-state index in [0.717, 1.165) is 4.90 Å². The number of ether oxygens (including phenoxy) is 1. The van der Waals surface area contributed by atoms with Gasteiger partial charge in [-0.05, 0) is 36.6 Å². The average Bonchev–Trinajstić information content (AvgIpc) is 2.47. The summed E-state index contributed by atoms with van der Waals surface area (Å²) in [5.74, 6) is 0.983. The molecule has 0 aliphatic rings. The molecule has 6 nitrogen and oxygen atoms in total. The Balaban J connectivity index is 2.32. The monoisotopic (exact) mass is 291 g/mol. The second-order valence-corrected chi connectivity index (χ2v) is 4.69. The van der Waals surface area contributed by atoms with Crippen LogP contribution in [0.15, 0.2) is 41.3 Å². The fourth-order valence-corrected chi connectivity index (χ4v) is 1.95. The molecule has 1 heterocycles. The molecule has 0 bridgehead atoms. The van der Waals surface area contributed by atoms with Gasteiger partial charge in [-0.15, -0.1) is 11.8 Å². The van der Waals surface area contributed by atoms with E-state index in [9.17, 15) is 10.1 Å². The minimum absolute atomic E-state index is 0.0289. The zero-order valence-electron chi connectivity index (χ0n) is 11.0. The van der Waals surface area contributed by atoms with Gasteiger partial charge in [0.05, 0.1) is 4.92 Å². The normalized spacial score (nSPS) is 10.1. The maximum absolute atomic E-state index is 11.0. The number of hydrogen-bond donors (Lipinski definition) is 1. The molecule has 0 saturated heterocycles. The lowest BCUT2D eigenvalue weighted by atomic mass is 10.3. The fourth-order valence-electron chi connectivity index (χ4n) is 1.54. The van der Waals surface area contributed by atoms with Crippen LogP contribution in [0.1, 0.15) is 0 Å². The zero-order valence-corrected chi connectivity index (χ0v) is 11.8. The van der Waals surface area contributed by atoms with Crippen molar-refractivity contribution in [1.29, 1.82) is 0 Å². The summed E-state index contributed by atoms with van der Waals surface area (Å²) in [5, 5.41) is 13.8. The molecule has 0 aliphatic heterocycles. The summed E-state index contributed by atoms with van der Waals surface area (Å²) in [6, 6.07) is 10.2. The molecule has 20 heavy (non-hydrogen) atoms. The van der Waals surface area contributed by atoms with Gasteiger partial charge in [0.1, 0.15) is 11.6 Å². The number of nitro groups is 1. The van der Waals surface area contributed by atoms with E-state index in [1.165, 1.54) is 12.1 Å². The number of hydrogen-bond acceptors (Lipinski definition) is 6. The minimum atomic E-state index is -0.516. The number of nitrogens with one attached hydrogen (secondary N) is 1. The Hall–Kier alpha value is -2.28. The van der Waals surface area contributed by atoms with Gasteiger partial charge in [-0.2, -0.15) is 4.98 Å². The maximum atomic E-state index is 11.0. The van der Waals surface area contributed by atoms with Gasteiger partial charge in [0, 0.05) is 18.0 Å². The van der Waals surface area contributed by atoms with Crippen molar-refractivity contribution in [3.05, 3.63) is 46.5 Å². The Bertz CT molecular complexity index is 617. The molecule has 0 fully saturated rings. The molecule has 0 radical (unpaired) electrons. The predicted molar refractivity (Wildman–Crippen MR) is 78.7 cm³/mol. The molecule has 1 aromatic carbocycles. The highest BCUT2D eigenvalue weighted by Gasteiger charge is 2.18. The van der Waals surface area contributed by atoms with Gasteiger partial charge in [-0.1, -0.05) is 0 Å². The first-order chi connectivity index (χ1) is 9.63. The van der Waals surface area contributed by atoms with Crippen molar-refractivity contribution in [2.45, 2.75) is 4.90 Å². The highest BCUT2D eigenvalue weighted by atomic mass is 32.2. The molecule has 7 heteroatoms. The van der Waals surface area contributed by atoms with E-state index >= 15 is 0 Å². The lowest BCUT2D eigenvalue weighted by Gasteiger charge is -2.07. The quantitative estimate of drug-likeness (QED) is 0.515. The van der Waals surface area contributed by atoms with Crippen molar-refractivity contribution in [1.82, 2.24) is 4.98 Å². The van der Waals surface area contributed by atoms with E-state index in [-0.39, 0.29) is 11.6 Å². The number of anilines is 1. The van der Waals surface area contributed by atoms with Crippen molar-refractivity contribution in [2.75, 3.05) is 18.6 Å². The number of aromatic nitrogens is 1. The predicted octanol–water partition coefficient (Wildman–Crippen LogP) is 3.55. The molecule has 0 aliphatic carbocycles. The maximum Gasteiger partial charge on any atom is 0.331 e. The number of nitrogens with zero attached hydrogens (tertiary/aromatic N) is 2. The van der Waals surface area contributed by atoms with Crippen LogP contribution in [-0.4, -0.2) is 23.2 Å². The van der Waals surface area contributed by atoms with Crippen molar-refractivity contribution in [3.63, 3.8) is 0 Å². The van der Waals surface area contributed by atoms with E-state index in [0.29, 0.717) is 11.6 Å². The molecular weight excluding hydrogens is 278 g/mol. The van der Waals surface area contributed by atoms with E-state index in [2.05, 4.69) is 10.3 Å². The van der Waals surface area contributed by atoms with Crippen LogP contribution in [0.25, 0.3) is 0 Å². The van der Waals surface area contributed by atoms with Gasteiger partial charge in [-0.25, -0.2) is 0 Å². The molecule has 2 aromatic rings. The molecule has 0 unspecified atom stereocenters. The van der Waals surface area contributed by atoms with Gasteiger partial charge < -0.3 is 10.1 Å². The van der Waals surface area contributed by atoms with Crippen LogP contribution in [0.4, 0.5) is 11.5 Å². The second kappa shape index (κ2) is 6.25. The topological polar surface area (TPSA) is 77.3 Å². The fraction of sp³-hybridized carbons (Fsp3) is 0.154. The molecule has 0 saturated carbocycles. The standard InChI is InChI=1S/C13H13N3O3S/c1-14-12-8-7-11(16(17)18)13(15-12)19-9-3-5-10(20-2)6-4-9/h3-8H,1-2H3,(H,14,15). The lowest BCUT2D eigenvalue weighted by Crippen LogP contribution is -1.99. The SMILES string of the molecule is CNc1ccc([N+](=O)[O-])c(Oc2ccc(SC)cc2)n1. The van der Waals surface area contributed by atoms with Crippen molar-refractivity contribution < 1.29 is 9.66 Å². The number of rotatable bonds is 5. The summed E-state index contributed by atoms with van der Waals surface area (Å²) in [6.45, 7) is 0. The van der Waals surface area contributed by atoms with Crippen LogP contribution in [0.5, 0.6) is 11.6 Å². The first-order valence-corrected chi connectivity index (χ1v) is 7.01. The summed E-state index contributed by atoms with van der Waals surface area (Å²) in [6.07, 6.45) is 1.97. The van der Waals surface area contributed by atoms with Gasteiger partial charge >= 0.3 is 11.6 Å². The molecule has 0 amide bonds. The average molecular weight is 291 g/mol. The number of benzene rings is 1. The zero-order chi connectivity index (χ0) is 14.5. The summed E-state index contributed by atoms with van der Waals surface area (Å²) in [5.41, 5.74) is -0.169. The van der Waals surface area contributed by atoms with Gasteiger partial charge in [0.2, 0.25) is 0 Å². The Morgan fingerprint density at radius 1 is 1.25 bits per heavy atom. The van der Waals surface area contributed by atoms with E-state index in [1.54, 1.807) is 30.9 Å². The molecule has 1 aromatic heterocycles. The second-order valence-electron chi connectivity index (χ2n) is 3.81. The Labute approximate surface area is 120 Å². The highest BCUT2D eigenvalue weighted by molar-refractivity contribution is 7.98. The lowest BCUT2D eigenvalue weighted by molar-refractivity contribution is -0.386. The summed E-state index contributed by atoms with van der Waals surface area (Å²) in [7, 11) is 1.69. The summed E-state index contributed by atoms with van der Waals surface area (Å²) < 4.78 is 5.51. The van der Waals surface area contributed by atoms with Crippen LogP contribution in [0.3, 0.4) is 0 Å².